The lowest BCUT2D eigenvalue weighted by atomic mass is 10.2. The molecule has 1 aromatic carbocycles. The van der Waals surface area contributed by atoms with E-state index in [0.29, 0.717) is 4.90 Å². The summed E-state index contributed by atoms with van der Waals surface area (Å²) < 4.78 is 49.7. The Labute approximate surface area is 94.8 Å². The fourth-order valence-electron chi connectivity index (χ4n) is 1.22. The van der Waals surface area contributed by atoms with E-state index in [0.717, 1.165) is 7.05 Å². The number of alkyl halides is 4. The number of anilines is 2. The Balaban J connectivity index is 3.03. The van der Waals surface area contributed by atoms with Gasteiger partial charge in [-0.3, -0.25) is 4.79 Å². The van der Waals surface area contributed by atoms with Gasteiger partial charge in [0.15, 0.2) is 0 Å². The molecule has 0 radical (unpaired) electrons. The zero-order valence-corrected chi connectivity index (χ0v) is 8.83. The SMILES string of the molecule is CN(C(=O)C(F)(F)C(F)F)c1ccccc1N. The van der Waals surface area contributed by atoms with Crippen LogP contribution in [0.1, 0.15) is 0 Å². The molecule has 0 aromatic heterocycles. The number of carbonyl (C=O) groups excluding carboxylic acids is 1. The smallest absolute Gasteiger partial charge is 0.384 e. The van der Waals surface area contributed by atoms with Crippen molar-refractivity contribution in [2.45, 2.75) is 12.3 Å². The second-order valence-electron chi connectivity index (χ2n) is 3.35. The molecule has 0 spiro atoms. The summed E-state index contributed by atoms with van der Waals surface area (Å²) in [6, 6.07) is 5.65. The van der Waals surface area contributed by atoms with E-state index in [9.17, 15) is 22.4 Å². The van der Waals surface area contributed by atoms with Crippen LogP contribution in [0.25, 0.3) is 0 Å². The van der Waals surface area contributed by atoms with Gasteiger partial charge in [0, 0.05) is 7.05 Å². The molecule has 17 heavy (non-hydrogen) atoms. The molecule has 2 N–H and O–H groups in total. The maximum absolute atomic E-state index is 12.8. The van der Waals surface area contributed by atoms with E-state index in [-0.39, 0.29) is 11.4 Å². The highest BCUT2D eigenvalue weighted by Crippen LogP contribution is 2.29. The number of hydrogen-bond donors (Lipinski definition) is 1. The van der Waals surface area contributed by atoms with Gasteiger partial charge in [0.25, 0.3) is 0 Å². The molecule has 0 heterocycles. The van der Waals surface area contributed by atoms with E-state index in [2.05, 4.69) is 0 Å². The molecule has 0 aliphatic carbocycles. The third-order valence-corrected chi connectivity index (χ3v) is 2.16. The first-order valence-electron chi connectivity index (χ1n) is 4.57. The highest BCUT2D eigenvalue weighted by molar-refractivity contribution is 6.00. The van der Waals surface area contributed by atoms with Crippen molar-refractivity contribution in [3.05, 3.63) is 24.3 Å². The van der Waals surface area contributed by atoms with Gasteiger partial charge >= 0.3 is 18.3 Å². The summed E-state index contributed by atoms with van der Waals surface area (Å²) in [6.07, 6.45) is -4.05. The molecule has 0 aliphatic rings. The number of hydrogen-bond acceptors (Lipinski definition) is 2. The zero-order valence-electron chi connectivity index (χ0n) is 8.83. The van der Waals surface area contributed by atoms with E-state index in [1.807, 2.05) is 0 Å². The number of amides is 1. The molecule has 0 saturated carbocycles. The molecule has 3 nitrogen and oxygen atoms in total. The summed E-state index contributed by atoms with van der Waals surface area (Å²) in [4.78, 5) is 11.6. The maximum Gasteiger partial charge on any atom is 0.384 e. The van der Waals surface area contributed by atoms with Crippen LogP contribution >= 0.6 is 0 Å². The summed E-state index contributed by atoms with van der Waals surface area (Å²) in [5.74, 6) is -6.72. The first-order valence-corrected chi connectivity index (χ1v) is 4.57. The molecule has 7 heteroatoms. The minimum atomic E-state index is -4.73. The lowest BCUT2D eigenvalue weighted by Gasteiger charge is -2.23. The fraction of sp³-hybridized carbons (Fsp3) is 0.300. The van der Waals surface area contributed by atoms with Crippen LogP contribution in [0.2, 0.25) is 0 Å². The van der Waals surface area contributed by atoms with Crippen molar-refractivity contribution in [3.63, 3.8) is 0 Å². The lowest BCUT2D eigenvalue weighted by Crippen LogP contribution is -2.46. The van der Waals surface area contributed by atoms with Crippen LogP contribution in [0.15, 0.2) is 24.3 Å². The number of nitrogens with zero attached hydrogens (tertiary/aromatic N) is 1. The van der Waals surface area contributed by atoms with E-state index in [1.165, 1.54) is 24.3 Å². The average molecular weight is 250 g/mol. The van der Waals surface area contributed by atoms with Gasteiger partial charge in [0.05, 0.1) is 11.4 Å². The first-order chi connectivity index (χ1) is 7.78. The number of nitrogen functional groups attached to an aromatic ring is 1. The summed E-state index contributed by atoms with van der Waals surface area (Å²) in [5, 5.41) is 0. The van der Waals surface area contributed by atoms with Gasteiger partial charge in [-0.25, -0.2) is 8.78 Å². The normalized spacial score (nSPS) is 11.6. The number of rotatable bonds is 3. The Kier molecular flexibility index (Phi) is 3.59. The summed E-state index contributed by atoms with van der Waals surface area (Å²) in [7, 11) is 0.963. The molecule has 1 aromatic rings. The molecular formula is C10H10F4N2O. The monoisotopic (exact) mass is 250 g/mol. The molecule has 0 saturated heterocycles. The van der Waals surface area contributed by atoms with Crippen molar-refractivity contribution < 1.29 is 22.4 Å². The summed E-state index contributed by atoms with van der Waals surface area (Å²) >= 11 is 0. The van der Waals surface area contributed by atoms with Crippen molar-refractivity contribution in [2.24, 2.45) is 0 Å². The predicted molar refractivity (Wildman–Crippen MR) is 55.2 cm³/mol. The Hall–Kier alpha value is -1.79. The number of benzene rings is 1. The zero-order chi connectivity index (χ0) is 13.2. The lowest BCUT2D eigenvalue weighted by molar-refractivity contribution is -0.166. The number of para-hydroxylation sites is 2. The second-order valence-corrected chi connectivity index (χ2v) is 3.35. The van der Waals surface area contributed by atoms with Gasteiger partial charge < -0.3 is 10.6 Å². The highest BCUT2D eigenvalue weighted by atomic mass is 19.3. The minimum Gasteiger partial charge on any atom is -0.397 e. The molecule has 1 rings (SSSR count). The molecule has 0 bridgehead atoms. The Morgan fingerprint density at radius 1 is 1.35 bits per heavy atom. The second kappa shape index (κ2) is 4.60. The van der Waals surface area contributed by atoms with Crippen molar-refractivity contribution in [1.82, 2.24) is 0 Å². The number of carbonyl (C=O) groups is 1. The van der Waals surface area contributed by atoms with Gasteiger partial charge in [-0.1, -0.05) is 12.1 Å². The average Bonchev–Trinajstić information content (AvgIpc) is 2.27. The van der Waals surface area contributed by atoms with Crippen LogP contribution in [0, 0.1) is 0 Å². The van der Waals surface area contributed by atoms with E-state index >= 15 is 0 Å². The highest BCUT2D eigenvalue weighted by Gasteiger charge is 2.50. The molecule has 0 unspecified atom stereocenters. The molecule has 0 fully saturated rings. The molecule has 0 atom stereocenters. The van der Waals surface area contributed by atoms with Crippen molar-refractivity contribution in [3.8, 4) is 0 Å². The Morgan fingerprint density at radius 3 is 2.35 bits per heavy atom. The van der Waals surface area contributed by atoms with Crippen LogP contribution in [-0.2, 0) is 4.79 Å². The van der Waals surface area contributed by atoms with Gasteiger partial charge in [0.2, 0.25) is 0 Å². The van der Waals surface area contributed by atoms with E-state index in [4.69, 9.17) is 5.73 Å². The van der Waals surface area contributed by atoms with Crippen LogP contribution in [0.5, 0.6) is 0 Å². The molecular weight excluding hydrogens is 240 g/mol. The Bertz CT molecular complexity index is 423. The fourth-order valence-corrected chi connectivity index (χ4v) is 1.22. The van der Waals surface area contributed by atoms with Crippen LogP contribution in [0.3, 0.4) is 0 Å². The first kappa shape index (κ1) is 13.3. The van der Waals surface area contributed by atoms with Crippen LogP contribution in [-0.4, -0.2) is 25.3 Å². The molecule has 94 valence electrons. The van der Waals surface area contributed by atoms with Gasteiger partial charge in [-0.2, -0.15) is 8.78 Å². The Morgan fingerprint density at radius 2 is 1.88 bits per heavy atom. The maximum atomic E-state index is 12.8. The minimum absolute atomic E-state index is 0.0437. The van der Waals surface area contributed by atoms with Gasteiger partial charge in [-0.05, 0) is 12.1 Å². The molecule has 0 aliphatic heterocycles. The summed E-state index contributed by atoms with van der Waals surface area (Å²) in [5.41, 5.74) is 5.46. The van der Waals surface area contributed by atoms with Crippen molar-refractivity contribution >= 4 is 17.3 Å². The largest absolute Gasteiger partial charge is 0.397 e. The third-order valence-electron chi connectivity index (χ3n) is 2.16. The van der Waals surface area contributed by atoms with Gasteiger partial charge in [-0.15, -0.1) is 0 Å². The van der Waals surface area contributed by atoms with E-state index < -0.39 is 18.3 Å². The standard InChI is InChI=1S/C10H10F4N2O/c1-16(7-5-3-2-4-6(7)15)9(17)10(13,14)8(11)12/h2-5,8H,15H2,1H3. The number of halogens is 4. The van der Waals surface area contributed by atoms with Crippen molar-refractivity contribution in [1.29, 1.82) is 0 Å². The molecule has 1 amide bonds. The number of nitrogens with two attached hydrogens (primary N) is 1. The van der Waals surface area contributed by atoms with Crippen LogP contribution < -0.4 is 10.6 Å². The van der Waals surface area contributed by atoms with Crippen molar-refractivity contribution in [2.75, 3.05) is 17.7 Å². The van der Waals surface area contributed by atoms with Gasteiger partial charge in [0.1, 0.15) is 0 Å². The van der Waals surface area contributed by atoms with E-state index in [1.54, 1.807) is 0 Å². The summed E-state index contributed by atoms with van der Waals surface area (Å²) in [6.45, 7) is 0. The van der Waals surface area contributed by atoms with Crippen LogP contribution in [0.4, 0.5) is 28.9 Å². The third kappa shape index (κ3) is 2.48. The topological polar surface area (TPSA) is 46.3 Å². The predicted octanol–water partition coefficient (Wildman–Crippen LogP) is 2.13. The quantitative estimate of drug-likeness (QED) is 0.659.